The van der Waals surface area contributed by atoms with Gasteiger partial charge in [0.2, 0.25) is 11.6 Å². The molecule has 3 aromatic rings. The number of methoxy groups -OCH3 is 1. The van der Waals surface area contributed by atoms with Crippen LogP contribution in [0.1, 0.15) is 33.1 Å². The van der Waals surface area contributed by atoms with E-state index in [1.54, 1.807) is 42.5 Å². The summed E-state index contributed by atoms with van der Waals surface area (Å²) < 4.78 is 5.03. The third kappa shape index (κ3) is 4.25. The second-order valence-electron chi connectivity index (χ2n) is 7.50. The Hall–Kier alpha value is -3.90. The van der Waals surface area contributed by atoms with Crippen LogP contribution in [0.15, 0.2) is 84.4 Å². The van der Waals surface area contributed by atoms with E-state index in [1.807, 2.05) is 30.3 Å². The first-order valence-corrected chi connectivity index (χ1v) is 10.6. The van der Waals surface area contributed by atoms with Crippen molar-refractivity contribution in [2.75, 3.05) is 7.11 Å². The Kier molecular flexibility index (Phi) is 6.29. The third-order valence-electron chi connectivity index (χ3n) is 5.51. The highest BCUT2D eigenvalue weighted by molar-refractivity contribution is 6.52. The fourth-order valence-corrected chi connectivity index (χ4v) is 4.07. The molecule has 0 fully saturated rings. The summed E-state index contributed by atoms with van der Waals surface area (Å²) in [5, 5.41) is 11.6. The van der Waals surface area contributed by atoms with Crippen LogP contribution < -0.4 is 0 Å². The SMILES string of the molecule is COC(=O)N(Cc1ccccc1)C(C1=C(O)c2ccccc2C(=O)C1=O)c1ccc(Cl)cc1. The Bertz CT molecular complexity index is 1250. The average molecular weight is 462 g/mol. The van der Waals surface area contributed by atoms with Crippen molar-refractivity contribution in [2.45, 2.75) is 12.6 Å². The third-order valence-corrected chi connectivity index (χ3v) is 5.76. The van der Waals surface area contributed by atoms with E-state index in [1.165, 1.54) is 18.1 Å². The van der Waals surface area contributed by atoms with Gasteiger partial charge in [-0.15, -0.1) is 0 Å². The summed E-state index contributed by atoms with van der Waals surface area (Å²) in [5.41, 5.74) is 1.42. The van der Waals surface area contributed by atoms with Gasteiger partial charge in [-0.25, -0.2) is 4.79 Å². The van der Waals surface area contributed by atoms with Crippen LogP contribution in [0.2, 0.25) is 5.02 Å². The molecule has 0 heterocycles. The Balaban J connectivity index is 1.95. The minimum atomic E-state index is -1.10. The van der Waals surface area contributed by atoms with Gasteiger partial charge in [0, 0.05) is 22.7 Å². The van der Waals surface area contributed by atoms with Crippen LogP contribution in [0.4, 0.5) is 4.79 Å². The van der Waals surface area contributed by atoms with Gasteiger partial charge in [-0.1, -0.05) is 78.3 Å². The van der Waals surface area contributed by atoms with E-state index in [9.17, 15) is 19.5 Å². The highest BCUT2D eigenvalue weighted by Crippen LogP contribution is 2.39. The molecule has 1 aliphatic rings. The second kappa shape index (κ2) is 9.30. The number of ketones is 2. The van der Waals surface area contributed by atoms with Crippen molar-refractivity contribution in [2.24, 2.45) is 0 Å². The summed E-state index contributed by atoms with van der Waals surface area (Å²) in [5.74, 6) is -1.98. The maximum atomic E-state index is 13.3. The summed E-state index contributed by atoms with van der Waals surface area (Å²) in [7, 11) is 1.23. The molecule has 0 saturated heterocycles. The zero-order chi connectivity index (χ0) is 23.5. The zero-order valence-electron chi connectivity index (χ0n) is 17.7. The van der Waals surface area contributed by atoms with Crippen molar-refractivity contribution in [1.82, 2.24) is 4.90 Å². The predicted molar refractivity (Wildman–Crippen MR) is 124 cm³/mol. The van der Waals surface area contributed by atoms with Crippen molar-refractivity contribution in [1.29, 1.82) is 0 Å². The molecule has 6 nitrogen and oxygen atoms in total. The zero-order valence-corrected chi connectivity index (χ0v) is 18.5. The first-order valence-electron chi connectivity index (χ1n) is 10.2. The quantitative estimate of drug-likeness (QED) is 0.515. The first kappa shape index (κ1) is 22.3. The van der Waals surface area contributed by atoms with E-state index in [0.717, 1.165) is 5.56 Å². The molecule has 0 aromatic heterocycles. The summed E-state index contributed by atoms with van der Waals surface area (Å²) in [6.45, 7) is 0.0701. The number of benzene rings is 3. The molecular formula is C26H20ClNO5. The van der Waals surface area contributed by atoms with Crippen LogP contribution >= 0.6 is 11.6 Å². The van der Waals surface area contributed by atoms with Gasteiger partial charge < -0.3 is 9.84 Å². The van der Waals surface area contributed by atoms with Gasteiger partial charge in [-0.2, -0.15) is 0 Å². The van der Waals surface area contributed by atoms with Gasteiger partial charge in [0.05, 0.1) is 18.7 Å². The molecule has 0 bridgehead atoms. The van der Waals surface area contributed by atoms with Crippen LogP contribution in [-0.4, -0.2) is 34.8 Å². The van der Waals surface area contributed by atoms with Crippen molar-refractivity contribution < 1.29 is 24.2 Å². The topological polar surface area (TPSA) is 83.9 Å². The van der Waals surface area contributed by atoms with E-state index >= 15 is 0 Å². The fraction of sp³-hybridized carbons (Fsp3) is 0.115. The molecule has 0 spiro atoms. The Morgan fingerprint density at radius 3 is 2.15 bits per heavy atom. The lowest BCUT2D eigenvalue weighted by atomic mass is 9.82. The maximum Gasteiger partial charge on any atom is 0.410 e. The molecule has 33 heavy (non-hydrogen) atoms. The predicted octanol–water partition coefficient (Wildman–Crippen LogP) is 5.38. The standard InChI is InChI=1S/C26H20ClNO5/c1-33-26(32)28(15-16-7-3-2-4-8-16)22(17-11-13-18(27)14-12-17)21-23(29)19-9-5-6-10-20(19)24(30)25(21)31/h2-14,22,29H,15H2,1H3. The number of hydrogen-bond donors (Lipinski definition) is 1. The van der Waals surface area contributed by atoms with Crippen LogP contribution in [0.25, 0.3) is 5.76 Å². The van der Waals surface area contributed by atoms with Crippen LogP contribution in [0.3, 0.4) is 0 Å². The Morgan fingerprint density at radius 2 is 1.52 bits per heavy atom. The number of amides is 1. The van der Waals surface area contributed by atoms with Crippen LogP contribution in [0.5, 0.6) is 0 Å². The van der Waals surface area contributed by atoms with Gasteiger partial charge in [0.15, 0.2) is 0 Å². The van der Waals surface area contributed by atoms with Crippen molar-refractivity contribution in [3.05, 3.63) is 112 Å². The smallest absolute Gasteiger partial charge is 0.410 e. The maximum absolute atomic E-state index is 13.3. The highest BCUT2D eigenvalue weighted by Gasteiger charge is 2.41. The van der Waals surface area contributed by atoms with Crippen molar-refractivity contribution in [3.8, 4) is 0 Å². The number of hydrogen-bond acceptors (Lipinski definition) is 5. The molecule has 1 N–H and O–H groups in total. The number of ether oxygens (including phenoxy) is 1. The minimum absolute atomic E-state index is 0.0701. The van der Waals surface area contributed by atoms with E-state index in [0.29, 0.717) is 10.6 Å². The number of halogens is 1. The number of aliphatic hydroxyl groups is 1. The molecule has 0 aliphatic heterocycles. The molecular weight excluding hydrogens is 442 g/mol. The molecule has 3 aromatic carbocycles. The Labute approximate surface area is 195 Å². The summed E-state index contributed by atoms with van der Waals surface area (Å²) in [6.07, 6.45) is -0.724. The number of Topliss-reactive ketones (excluding diaryl/α,β-unsaturated/α-hetero) is 2. The number of aliphatic hydroxyl groups excluding tert-OH is 1. The van der Waals surface area contributed by atoms with Crippen molar-refractivity contribution >= 4 is 35.0 Å². The molecule has 166 valence electrons. The Morgan fingerprint density at radius 1 is 0.909 bits per heavy atom. The van der Waals surface area contributed by atoms with E-state index in [4.69, 9.17) is 16.3 Å². The van der Waals surface area contributed by atoms with E-state index < -0.39 is 23.7 Å². The second-order valence-corrected chi connectivity index (χ2v) is 7.94. The average Bonchev–Trinajstić information content (AvgIpc) is 2.85. The number of nitrogens with zero attached hydrogens (tertiary/aromatic N) is 1. The number of rotatable bonds is 5. The normalized spacial score (nSPS) is 14.0. The van der Waals surface area contributed by atoms with E-state index in [-0.39, 0.29) is 29.0 Å². The van der Waals surface area contributed by atoms with Gasteiger partial charge in [0.25, 0.3) is 0 Å². The lowest BCUT2D eigenvalue weighted by Gasteiger charge is -2.34. The van der Waals surface area contributed by atoms with Gasteiger partial charge in [-0.3, -0.25) is 14.5 Å². The van der Waals surface area contributed by atoms with Gasteiger partial charge in [0.1, 0.15) is 5.76 Å². The van der Waals surface area contributed by atoms with Crippen molar-refractivity contribution in [3.63, 3.8) is 0 Å². The number of fused-ring (bicyclic) bond motifs is 1. The molecule has 1 unspecified atom stereocenters. The first-order chi connectivity index (χ1) is 15.9. The molecule has 0 radical (unpaired) electrons. The lowest BCUT2D eigenvalue weighted by molar-refractivity contribution is -0.112. The highest BCUT2D eigenvalue weighted by atomic mass is 35.5. The summed E-state index contributed by atoms with van der Waals surface area (Å²) in [4.78, 5) is 40.5. The number of carbonyl (C=O) groups excluding carboxylic acids is 3. The largest absolute Gasteiger partial charge is 0.507 e. The molecule has 4 rings (SSSR count). The molecule has 0 saturated carbocycles. The monoisotopic (exact) mass is 461 g/mol. The van der Waals surface area contributed by atoms with Crippen LogP contribution in [-0.2, 0) is 16.1 Å². The lowest BCUT2D eigenvalue weighted by Crippen LogP contribution is -2.39. The fourth-order valence-electron chi connectivity index (χ4n) is 3.94. The van der Waals surface area contributed by atoms with Gasteiger partial charge >= 0.3 is 6.09 Å². The number of carbonyl (C=O) groups is 3. The minimum Gasteiger partial charge on any atom is -0.507 e. The summed E-state index contributed by atoms with van der Waals surface area (Å²) in [6, 6.07) is 20.9. The molecule has 7 heteroatoms. The summed E-state index contributed by atoms with van der Waals surface area (Å²) >= 11 is 6.06. The molecule has 1 atom stereocenters. The van der Waals surface area contributed by atoms with E-state index in [2.05, 4.69) is 0 Å². The van der Waals surface area contributed by atoms with Crippen LogP contribution in [0, 0.1) is 0 Å². The molecule has 1 amide bonds. The molecule has 1 aliphatic carbocycles. The van der Waals surface area contributed by atoms with Gasteiger partial charge in [-0.05, 0) is 23.3 Å².